The zero-order valence-electron chi connectivity index (χ0n) is 15.1. The molecule has 2 rings (SSSR count). The molecule has 0 aliphatic carbocycles. The van der Waals surface area contributed by atoms with Gasteiger partial charge in [0.2, 0.25) is 0 Å². The highest BCUT2D eigenvalue weighted by atomic mass is 16.5. The van der Waals surface area contributed by atoms with Crippen molar-refractivity contribution in [3.8, 4) is 5.75 Å². The average Bonchev–Trinajstić information content (AvgIpc) is 3.01. The van der Waals surface area contributed by atoms with E-state index in [1.54, 1.807) is 11.9 Å². The Morgan fingerprint density at radius 2 is 1.87 bits per heavy atom. The fourth-order valence-electron chi connectivity index (χ4n) is 2.09. The summed E-state index contributed by atoms with van der Waals surface area (Å²) in [5.41, 5.74) is 3.42. The maximum absolute atomic E-state index is 5.20. The summed E-state index contributed by atoms with van der Waals surface area (Å²) in [7, 11) is 3.51. The summed E-state index contributed by atoms with van der Waals surface area (Å²) < 4.78 is 5.20. The summed E-state index contributed by atoms with van der Waals surface area (Å²) in [6.45, 7) is 9.74. The van der Waals surface area contributed by atoms with Crippen LogP contribution in [-0.4, -0.2) is 27.0 Å². The topological polar surface area (TPSA) is 43.2 Å². The molecule has 1 heterocycles. The van der Waals surface area contributed by atoms with Crippen LogP contribution < -0.4 is 4.74 Å². The molecule has 0 spiro atoms. The molecule has 0 saturated heterocycles. The van der Waals surface area contributed by atoms with Crippen LogP contribution in [0, 0.1) is 0 Å². The van der Waals surface area contributed by atoms with Gasteiger partial charge in [0.05, 0.1) is 19.9 Å². The molecule has 0 unspecified atom stereocenters. The van der Waals surface area contributed by atoms with E-state index >= 15 is 0 Å². The number of hydrogen-bond acceptors (Lipinski definition) is 4. The van der Waals surface area contributed by atoms with E-state index in [0.29, 0.717) is 0 Å². The lowest BCUT2D eigenvalue weighted by Crippen LogP contribution is -2.21. The number of nitrogens with zero attached hydrogens (tertiary/aromatic N) is 4. The van der Waals surface area contributed by atoms with Crippen molar-refractivity contribution < 1.29 is 4.74 Å². The minimum Gasteiger partial charge on any atom is -0.497 e. The third-order valence-electron chi connectivity index (χ3n) is 3.45. The summed E-state index contributed by atoms with van der Waals surface area (Å²) in [6, 6.07) is 8.15. The zero-order chi connectivity index (χ0) is 17.2. The van der Waals surface area contributed by atoms with Gasteiger partial charge in [0.1, 0.15) is 11.4 Å². The van der Waals surface area contributed by atoms with E-state index < -0.39 is 0 Å². The van der Waals surface area contributed by atoms with E-state index in [1.165, 1.54) is 11.3 Å². The van der Waals surface area contributed by atoms with Crippen LogP contribution in [0.2, 0.25) is 0 Å². The van der Waals surface area contributed by atoms with Gasteiger partial charge in [-0.25, -0.2) is 0 Å². The Balaban J connectivity index is 0.00000127. The summed E-state index contributed by atoms with van der Waals surface area (Å²) in [5, 5.41) is 8.48. The molecule has 23 heavy (non-hydrogen) atoms. The highest BCUT2D eigenvalue weighted by Crippen LogP contribution is 2.17. The van der Waals surface area contributed by atoms with E-state index in [9.17, 15) is 0 Å². The molecule has 126 valence electrons. The Hall–Kier alpha value is -2.30. The molecule has 1 aromatic carbocycles. The van der Waals surface area contributed by atoms with Gasteiger partial charge in [-0.1, -0.05) is 32.1 Å². The smallest absolute Gasteiger partial charge is 0.118 e. The first-order valence-corrected chi connectivity index (χ1v) is 7.98. The van der Waals surface area contributed by atoms with Crippen molar-refractivity contribution in [1.29, 1.82) is 0 Å². The molecule has 0 N–H and O–H groups in total. The fraction of sp³-hybridized carbons (Fsp3) is 0.444. The van der Waals surface area contributed by atoms with Crippen molar-refractivity contribution in [2.75, 3.05) is 7.11 Å². The number of aromatic nitrogens is 3. The summed E-state index contributed by atoms with van der Waals surface area (Å²) in [4.78, 5) is 3.87. The molecule has 0 bridgehead atoms. The second kappa shape index (κ2) is 9.66. The summed E-state index contributed by atoms with van der Waals surface area (Å²) >= 11 is 0. The van der Waals surface area contributed by atoms with Gasteiger partial charge < -0.3 is 9.64 Å². The molecule has 1 aromatic heterocycles. The van der Waals surface area contributed by atoms with Crippen LogP contribution >= 0.6 is 0 Å². The van der Waals surface area contributed by atoms with Crippen molar-refractivity contribution in [2.24, 2.45) is 7.05 Å². The van der Waals surface area contributed by atoms with E-state index in [-0.39, 0.29) is 0 Å². The quantitative estimate of drug-likeness (QED) is 0.813. The first-order chi connectivity index (χ1) is 11.1. The SMILES string of the molecule is C/C=C(/C)N(Cc1ccc(OC)cc1)Cc1cnn(C)n1.CC. The summed E-state index contributed by atoms with van der Waals surface area (Å²) in [5.74, 6) is 0.877. The normalized spacial score (nSPS) is 10.8. The van der Waals surface area contributed by atoms with Crippen molar-refractivity contribution in [1.82, 2.24) is 19.9 Å². The molecule has 0 aliphatic heterocycles. The van der Waals surface area contributed by atoms with Crippen LogP contribution in [0.5, 0.6) is 5.75 Å². The minimum absolute atomic E-state index is 0.746. The Kier molecular flexibility index (Phi) is 7.88. The molecule has 5 heteroatoms. The molecule has 0 aliphatic rings. The van der Waals surface area contributed by atoms with Gasteiger partial charge in [0, 0.05) is 19.3 Å². The van der Waals surface area contributed by atoms with Gasteiger partial charge in [-0.3, -0.25) is 0 Å². The number of hydrogen-bond donors (Lipinski definition) is 0. The Morgan fingerprint density at radius 1 is 1.22 bits per heavy atom. The molecule has 0 amide bonds. The van der Waals surface area contributed by atoms with Crippen molar-refractivity contribution >= 4 is 0 Å². The first kappa shape index (κ1) is 18.7. The Labute approximate surface area is 139 Å². The molecule has 0 radical (unpaired) electrons. The molecule has 0 atom stereocenters. The van der Waals surface area contributed by atoms with Crippen LogP contribution in [-0.2, 0) is 20.1 Å². The maximum atomic E-state index is 5.20. The minimum atomic E-state index is 0.746. The average molecular weight is 316 g/mol. The van der Waals surface area contributed by atoms with Crippen LogP contribution in [0.25, 0.3) is 0 Å². The first-order valence-electron chi connectivity index (χ1n) is 7.98. The molecule has 0 saturated carbocycles. The third kappa shape index (κ3) is 5.77. The van der Waals surface area contributed by atoms with Crippen molar-refractivity contribution in [3.63, 3.8) is 0 Å². The highest BCUT2D eigenvalue weighted by molar-refractivity contribution is 5.27. The number of rotatable bonds is 6. The van der Waals surface area contributed by atoms with Gasteiger partial charge in [-0.2, -0.15) is 15.0 Å². The predicted molar refractivity (Wildman–Crippen MR) is 94.0 cm³/mol. The van der Waals surface area contributed by atoms with E-state index in [0.717, 1.165) is 24.5 Å². The molecule has 5 nitrogen and oxygen atoms in total. The van der Waals surface area contributed by atoms with Crippen LogP contribution in [0.3, 0.4) is 0 Å². The Morgan fingerprint density at radius 3 is 2.35 bits per heavy atom. The molecular weight excluding hydrogens is 288 g/mol. The second-order valence-electron chi connectivity index (χ2n) is 4.96. The number of allylic oxidation sites excluding steroid dienone is 2. The predicted octanol–water partition coefficient (Wildman–Crippen LogP) is 3.78. The lowest BCUT2D eigenvalue weighted by atomic mass is 10.2. The van der Waals surface area contributed by atoms with Crippen LogP contribution in [0.1, 0.15) is 39.0 Å². The molecular formula is C18H28N4O. The second-order valence-corrected chi connectivity index (χ2v) is 4.96. The third-order valence-corrected chi connectivity index (χ3v) is 3.45. The van der Waals surface area contributed by atoms with E-state index in [2.05, 4.69) is 40.2 Å². The fourth-order valence-corrected chi connectivity index (χ4v) is 2.09. The van der Waals surface area contributed by atoms with Crippen LogP contribution in [0.4, 0.5) is 0 Å². The van der Waals surface area contributed by atoms with Gasteiger partial charge in [-0.15, -0.1) is 0 Å². The standard InChI is InChI=1S/C16H22N4O.C2H6/c1-5-13(2)20(12-15-10-17-19(3)18-15)11-14-6-8-16(21-4)9-7-14;1-2/h5-10H,11-12H2,1-4H3;1-2H3/b13-5-;. The highest BCUT2D eigenvalue weighted by Gasteiger charge is 2.10. The number of benzene rings is 1. The maximum Gasteiger partial charge on any atom is 0.118 e. The lowest BCUT2D eigenvalue weighted by molar-refractivity contribution is 0.323. The number of aryl methyl sites for hydroxylation is 1. The summed E-state index contributed by atoms with van der Waals surface area (Å²) in [6.07, 6.45) is 3.92. The molecule has 0 fully saturated rings. The molecule has 2 aromatic rings. The van der Waals surface area contributed by atoms with Crippen molar-refractivity contribution in [3.05, 3.63) is 53.5 Å². The number of methoxy groups -OCH3 is 1. The lowest BCUT2D eigenvalue weighted by Gasteiger charge is -2.24. The van der Waals surface area contributed by atoms with Crippen molar-refractivity contribution in [2.45, 2.75) is 40.8 Å². The van der Waals surface area contributed by atoms with E-state index in [1.807, 2.05) is 46.1 Å². The number of ether oxygens (including phenoxy) is 1. The monoisotopic (exact) mass is 316 g/mol. The van der Waals surface area contributed by atoms with Gasteiger partial charge in [0.15, 0.2) is 0 Å². The zero-order valence-corrected chi connectivity index (χ0v) is 15.1. The van der Waals surface area contributed by atoms with E-state index in [4.69, 9.17) is 4.74 Å². The van der Waals surface area contributed by atoms with Gasteiger partial charge in [-0.05, 0) is 31.5 Å². The van der Waals surface area contributed by atoms with Gasteiger partial charge in [0.25, 0.3) is 0 Å². The largest absolute Gasteiger partial charge is 0.497 e. The van der Waals surface area contributed by atoms with Crippen LogP contribution in [0.15, 0.2) is 42.2 Å². The van der Waals surface area contributed by atoms with Gasteiger partial charge >= 0.3 is 0 Å². The Bertz CT molecular complexity index is 602.